The Morgan fingerprint density at radius 1 is 0.228 bits per heavy atom. The number of benzene rings is 9. The van der Waals surface area contributed by atoms with Gasteiger partial charge >= 0.3 is 0 Å². The minimum absolute atomic E-state index is 1.15. The van der Waals surface area contributed by atoms with Crippen LogP contribution in [0.4, 0.5) is 0 Å². The monoisotopic (exact) mass is 725 g/mol. The van der Waals surface area contributed by atoms with Crippen molar-refractivity contribution in [3.63, 3.8) is 0 Å². The Morgan fingerprint density at radius 3 is 1.30 bits per heavy atom. The molecule has 0 amide bonds. The number of hydrogen-bond donors (Lipinski definition) is 0. The second-order valence-corrected chi connectivity index (χ2v) is 14.9. The van der Waals surface area contributed by atoms with E-state index in [2.05, 4.69) is 226 Å². The van der Waals surface area contributed by atoms with Crippen LogP contribution in [-0.2, 0) is 0 Å². The predicted molar refractivity (Wildman–Crippen MR) is 240 cm³/mol. The van der Waals surface area contributed by atoms with Crippen LogP contribution in [0.2, 0.25) is 0 Å². The van der Waals surface area contributed by atoms with E-state index in [1.54, 1.807) is 0 Å². The normalized spacial score (nSPS) is 11.9. The maximum absolute atomic E-state index is 2.49. The topological polar surface area (TPSA) is 14.8 Å². The van der Waals surface area contributed by atoms with Crippen molar-refractivity contribution < 1.29 is 0 Å². The largest absolute Gasteiger partial charge is 0.309 e. The lowest BCUT2D eigenvalue weighted by Gasteiger charge is -2.15. The lowest BCUT2D eigenvalue weighted by Crippen LogP contribution is -1.98. The molecule has 0 saturated carbocycles. The summed E-state index contributed by atoms with van der Waals surface area (Å²) in [5.41, 5.74) is 15.5. The Labute approximate surface area is 329 Å². The Bertz CT molecular complexity index is 3490. The zero-order valence-electron chi connectivity index (χ0n) is 31.0. The third-order valence-corrected chi connectivity index (χ3v) is 11.9. The van der Waals surface area contributed by atoms with Gasteiger partial charge in [-0.05, 0) is 83.4 Å². The fourth-order valence-corrected chi connectivity index (χ4v) is 9.48. The van der Waals surface area contributed by atoms with Gasteiger partial charge in [-0.1, -0.05) is 146 Å². The van der Waals surface area contributed by atoms with Crippen molar-refractivity contribution in [2.24, 2.45) is 0 Å². The fraction of sp³-hybridized carbons (Fsp3) is 0. The number of hydrogen-bond acceptors (Lipinski definition) is 0. The highest BCUT2D eigenvalue weighted by Gasteiger charge is 2.23. The molecular formula is C54H35N3. The molecule has 0 bridgehead atoms. The number of nitrogens with zero attached hydrogens (tertiary/aromatic N) is 3. The number of fused-ring (bicyclic) bond motifs is 10. The summed E-state index contributed by atoms with van der Waals surface area (Å²) < 4.78 is 7.33. The minimum Gasteiger partial charge on any atom is -0.309 e. The zero-order chi connectivity index (χ0) is 37.5. The van der Waals surface area contributed by atoms with Crippen molar-refractivity contribution in [1.82, 2.24) is 13.7 Å². The highest BCUT2D eigenvalue weighted by molar-refractivity contribution is 6.29. The van der Waals surface area contributed by atoms with Crippen molar-refractivity contribution in [2.75, 3.05) is 0 Å². The van der Waals surface area contributed by atoms with Crippen LogP contribution in [0.1, 0.15) is 0 Å². The molecule has 3 heterocycles. The number of rotatable bonds is 5. The van der Waals surface area contributed by atoms with E-state index in [1.165, 1.54) is 87.7 Å². The quantitative estimate of drug-likeness (QED) is 0.168. The summed E-state index contributed by atoms with van der Waals surface area (Å²) in [6.45, 7) is 0. The van der Waals surface area contributed by atoms with Crippen LogP contribution in [0.15, 0.2) is 212 Å². The minimum atomic E-state index is 1.15. The van der Waals surface area contributed by atoms with Crippen LogP contribution in [0, 0.1) is 0 Å². The van der Waals surface area contributed by atoms with Gasteiger partial charge in [-0.15, -0.1) is 0 Å². The molecule has 0 atom stereocenters. The van der Waals surface area contributed by atoms with Crippen LogP contribution < -0.4 is 0 Å². The van der Waals surface area contributed by atoms with E-state index >= 15 is 0 Å². The summed E-state index contributed by atoms with van der Waals surface area (Å²) in [7, 11) is 0. The van der Waals surface area contributed by atoms with E-state index in [9.17, 15) is 0 Å². The predicted octanol–water partition coefficient (Wildman–Crippen LogP) is 14.3. The lowest BCUT2D eigenvalue weighted by molar-refractivity contribution is 1.17. The van der Waals surface area contributed by atoms with Crippen molar-refractivity contribution in [2.45, 2.75) is 0 Å². The van der Waals surface area contributed by atoms with Crippen LogP contribution in [0.25, 0.3) is 105 Å². The maximum Gasteiger partial charge on any atom is 0.0549 e. The Morgan fingerprint density at radius 2 is 0.649 bits per heavy atom. The standard InChI is InChI=1S/C54H35N3/c1-3-16-36(17-4-1)37-30-32-39(33-31-37)56-46-26-12-8-21-42(46)52-41(24-15-29-49(52)56)40-20-7-11-25-45(40)57-48-28-14-10-23-44(48)54-51(57)35-34-50-53(54)43-22-9-13-27-47(43)55(50)38-18-5-2-6-19-38/h1-35H. The highest BCUT2D eigenvalue weighted by atomic mass is 15.0. The van der Waals surface area contributed by atoms with Gasteiger partial charge in [0.2, 0.25) is 0 Å². The number of aromatic nitrogens is 3. The van der Waals surface area contributed by atoms with Gasteiger partial charge in [-0.3, -0.25) is 0 Å². The molecule has 0 aliphatic heterocycles. The summed E-state index contributed by atoms with van der Waals surface area (Å²) in [4.78, 5) is 0. The fourth-order valence-electron chi connectivity index (χ4n) is 9.48. The molecule has 9 aromatic carbocycles. The van der Waals surface area contributed by atoms with Gasteiger partial charge in [0.05, 0.1) is 38.8 Å². The van der Waals surface area contributed by atoms with Gasteiger partial charge in [0.15, 0.2) is 0 Å². The van der Waals surface area contributed by atoms with Crippen molar-refractivity contribution >= 4 is 65.4 Å². The molecule has 0 fully saturated rings. The molecular weight excluding hydrogens is 691 g/mol. The van der Waals surface area contributed by atoms with Crippen LogP contribution in [-0.4, -0.2) is 13.7 Å². The molecule has 0 N–H and O–H groups in total. The smallest absolute Gasteiger partial charge is 0.0549 e. The Kier molecular flexibility index (Phi) is 6.93. The van der Waals surface area contributed by atoms with E-state index in [4.69, 9.17) is 0 Å². The summed E-state index contributed by atoms with van der Waals surface area (Å²) in [5, 5.41) is 7.55. The van der Waals surface area contributed by atoms with Gasteiger partial charge < -0.3 is 13.7 Å². The average Bonchev–Trinajstić information content (AvgIpc) is 3.93. The third-order valence-electron chi connectivity index (χ3n) is 11.9. The van der Waals surface area contributed by atoms with Gasteiger partial charge in [0.25, 0.3) is 0 Å². The summed E-state index contributed by atoms with van der Waals surface area (Å²) in [6, 6.07) is 77.3. The van der Waals surface area contributed by atoms with Crippen LogP contribution in [0.5, 0.6) is 0 Å². The summed E-state index contributed by atoms with van der Waals surface area (Å²) in [5.74, 6) is 0. The van der Waals surface area contributed by atoms with E-state index < -0.39 is 0 Å². The molecule has 3 nitrogen and oxygen atoms in total. The molecule has 57 heavy (non-hydrogen) atoms. The van der Waals surface area contributed by atoms with Crippen molar-refractivity contribution in [3.8, 4) is 39.3 Å². The van der Waals surface area contributed by atoms with Gasteiger partial charge in [-0.25, -0.2) is 0 Å². The molecule has 0 aliphatic rings. The second kappa shape index (κ2) is 12.5. The average molecular weight is 726 g/mol. The first-order valence-corrected chi connectivity index (χ1v) is 19.6. The Hall–Kier alpha value is -7.62. The molecule has 12 aromatic rings. The Balaban J connectivity index is 1.12. The van der Waals surface area contributed by atoms with Crippen LogP contribution >= 0.6 is 0 Å². The number of para-hydroxylation sites is 5. The molecule has 0 unspecified atom stereocenters. The van der Waals surface area contributed by atoms with E-state index in [-0.39, 0.29) is 0 Å². The van der Waals surface area contributed by atoms with Gasteiger partial charge in [0.1, 0.15) is 0 Å². The highest BCUT2D eigenvalue weighted by Crippen LogP contribution is 2.45. The summed E-state index contributed by atoms with van der Waals surface area (Å²) >= 11 is 0. The first-order chi connectivity index (χ1) is 28.3. The van der Waals surface area contributed by atoms with E-state index in [0.29, 0.717) is 0 Å². The van der Waals surface area contributed by atoms with Crippen molar-refractivity contribution in [3.05, 3.63) is 212 Å². The molecule has 0 spiro atoms. The summed E-state index contributed by atoms with van der Waals surface area (Å²) in [6.07, 6.45) is 0. The molecule has 0 radical (unpaired) electrons. The first-order valence-electron chi connectivity index (χ1n) is 19.6. The van der Waals surface area contributed by atoms with Crippen LogP contribution in [0.3, 0.4) is 0 Å². The van der Waals surface area contributed by atoms with E-state index in [1.807, 2.05) is 0 Å². The van der Waals surface area contributed by atoms with Gasteiger partial charge in [-0.2, -0.15) is 0 Å². The molecule has 0 saturated heterocycles. The van der Waals surface area contributed by atoms with Crippen molar-refractivity contribution in [1.29, 1.82) is 0 Å². The first kappa shape index (κ1) is 31.7. The lowest BCUT2D eigenvalue weighted by atomic mass is 9.97. The molecule has 12 rings (SSSR count). The maximum atomic E-state index is 2.49. The van der Waals surface area contributed by atoms with Gasteiger partial charge in [0, 0.05) is 49.3 Å². The van der Waals surface area contributed by atoms with E-state index in [0.717, 1.165) is 17.1 Å². The molecule has 266 valence electrons. The third kappa shape index (κ3) is 4.66. The molecule has 3 aromatic heterocycles. The zero-order valence-corrected chi connectivity index (χ0v) is 31.0. The molecule has 0 aliphatic carbocycles. The SMILES string of the molecule is c1ccc(-c2ccc(-n3c4ccccc4c4c(-c5ccccc5-n5c6ccccc6c6c7c8ccccc8n(-c8ccccc8)c7ccc65)cccc43)cc2)cc1. The molecule has 3 heteroatoms. The second-order valence-electron chi connectivity index (χ2n) is 14.9.